The Morgan fingerprint density at radius 1 is 1.31 bits per heavy atom. The Hall–Kier alpha value is 0.270. The van der Waals surface area contributed by atoms with Gasteiger partial charge in [0.05, 0.1) is 5.60 Å². The quantitative estimate of drug-likeness (QED) is 0.823. The van der Waals surface area contributed by atoms with Crippen LogP contribution in [0.4, 0.5) is 0 Å². The molecular formula is C13H25NOS. The van der Waals surface area contributed by atoms with Crippen molar-refractivity contribution in [1.82, 2.24) is 4.90 Å². The lowest BCUT2D eigenvalue weighted by atomic mass is 9.79. The van der Waals surface area contributed by atoms with E-state index in [9.17, 15) is 5.11 Å². The second-order valence-corrected chi connectivity index (χ2v) is 6.99. The van der Waals surface area contributed by atoms with Crippen molar-refractivity contribution in [3.05, 3.63) is 0 Å². The van der Waals surface area contributed by atoms with Crippen LogP contribution < -0.4 is 0 Å². The Kier molecular flexibility index (Phi) is 4.20. The highest BCUT2D eigenvalue weighted by molar-refractivity contribution is 7.99. The van der Waals surface area contributed by atoms with Crippen molar-refractivity contribution in [3.63, 3.8) is 0 Å². The molecule has 1 atom stereocenters. The lowest BCUT2D eigenvalue weighted by molar-refractivity contribution is -0.0359. The average Bonchev–Trinajstić information content (AvgIpc) is 2.76. The molecule has 2 rings (SSSR count). The fourth-order valence-corrected chi connectivity index (χ4v) is 4.22. The highest BCUT2D eigenvalue weighted by Gasteiger charge is 2.34. The summed E-state index contributed by atoms with van der Waals surface area (Å²) < 4.78 is 0. The molecule has 16 heavy (non-hydrogen) atoms. The summed E-state index contributed by atoms with van der Waals surface area (Å²) in [6.45, 7) is 3.18. The Balaban J connectivity index is 1.83. The molecule has 1 saturated heterocycles. The second-order valence-electron chi connectivity index (χ2n) is 5.84. The fourth-order valence-electron chi connectivity index (χ4n) is 2.92. The van der Waals surface area contributed by atoms with Crippen molar-refractivity contribution in [2.45, 2.75) is 50.7 Å². The van der Waals surface area contributed by atoms with E-state index in [-0.39, 0.29) is 0 Å². The minimum Gasteiger partial charge on any atom is -0.389 e. The SMILES string of the molecule is CC1CCC(O)(CN(C)C2CCSC2)CC1. The normalized spacial score (nSPS) is 40.5. The first-order valence-electron chi connectivity index (χ1n) is 6.59. The van der Waals surface area contributed by atoms with Crippen molar-refractivity contribution in [2.75, 3.05) is 25.1 Å². The van der Waals surface area contributed by atoms with Gasteiger partial charge in [-0.25, -0.2) is 0 Å². The van der Waals surface area contributed by atoms with Crippen molar-refractivity contribution in [2.24, 2.45) is 5.92 Å². The summed E-state index contributed by atoms with van der Waals surface area (Å²) >= 11 is 2.05. The van der Waals surface area contributed by atoms with Gasteiger partial charge in [0.1, 0.15) is 0 Å². The van der Waals surface area contributed by atoms with Crippen LogP contribution in [-0.2, 0) is 0 Å². The van der Waals surface area contributed by atoms with Crippen molar-refractivity contribution < 1.29 is 5.11 Å². The molecule has 0 spiro atoms. The Morgan fingerprint density at radius 3 is 2.56 bits per heavy atom. The van der Waals surface area contributed by atoms with Gasteiger partial charge in [-0.05, 0) is 50.8 Å². The standard InChI is InChI=1S/C13H25NOS/c1-11-3-6-13(15,7-4-11)10-14(2)12-5-8-16-9-12/h11-12,15H,3-10H2,1-2H3. The number of likely N-dealkylation sites (N-methyl/N-ethyl adjacent to an activating group) is 1. The molecule has 0 aromatic carbocycles. The maximum absolute atomic E-state index is 10.6. The largest absolute Gasteiger partial charge is 0.389 e. The summed E-state index contributed by atoms with van der Waals surface area (Å²) in [5, 5.41) is 10.6. The number of thioether (sulfide) groups is 1. The summed E-state index contributed by atoms with van der Waals surface area (Å²) in [5.74, 6) is 3.36. The van der Waals surface area contributed by atoms with Gasteiger partial charge in [-0.1, -0.05) is 6.92 Å². The molecule has 0 amide bonds. The Bertz CT molecular complexity index is 220. The lowest BCUT2D eigenvalue weighted by Gasteiger charge is -2.39. The minimum absolute atomic E-state index is 0.394. The molecule has 1 aliphatic heterocycles. The van der Waals surface area contributed by atoms with E-state index >= 15 is 0 Å². The predicted molar refractivity (Wildman–Crippen MR) is 70.9 cm³/mol. The van der Waals surface area contributed by atoms with Crippen LogP contribution in [0.1, 0.15) is 39.0 Å². The zero-order valence-corrected chi connectivity index (χ0v) is 11.4. The summed E-state index contributed by atoms with van der Waals surface area (Å²) in [7, 11) is 2.19. The fraction of sp³-hybridized carbons (Fsp3) is 1.00. The second kappa shape index (κ2) is 5.28. The van der Waals surface area contributed by atoms with Crippen LogP contribution in [0.25, 0.3) is 0 Å². The minimum atomic E-state index is -0.394. The molecule has 1 aliphatic carbocycles. The maximum atomic E-state index is 10.6. The van der Waals surface area contributed by atoms with E-state index in [0.717, 1.165) is 25.3 Å². The smallest absolute Gasteiger partial charge is 0.0774 e. The first-order chi connectivity index (χ1) is 7.59. The van der Waals surface area contributed by atoms with Crippen LogP contribution in [-0.4, -0.2) is 46.7 Å². The van der Waals surface area contributed by atoms with Gasteiger partial charge in [-0.2, -0.15) is 11.8 Å². The van der Waals surface area contributed by atoms with E-state index in [1.807, 2.05) is 11.8 Å². The third kappa shape index (κ3) is 3.14. The molecule has 0 bridgehead atoms. The zero-order chi connectivity index (χ0) is 11.6. The van der Waals surface area contributed by atoms with E-state index in [4.69, 9.17) is 0 Å². The van der Waals surface area contributed by atoms with Gasteiger partial charge >= 0.3 is 0 Å². The van der Waals surface area contributed by atoms with Crippen molar-refractivity contribution in [3.8, 4) is 0 Å². The van der Waals surface area contributed by atoms with Gasteiger partial charge in [-0.15, -0.1) is 0 Å². The molecule has 0 radical (unpaired) electrons. The van der Waals surface area contributed by atoms with Gasteiger partial charge < -0.3 is 5.11 Å². The topological polar surface area (TPSA) is 23.5 Å². The van der Waals surface area contributed by atoms with Gasteiger partial charge in [0.2, 0.25) is 0 Å². The van der Waals surface area contributed by atoms with Crippen molar-refractivity contribution >= 4 is 11.8 Å². The first-order valence-corrected chi connectivity index (χ1v) is 7.75. The van der Waals surface area contributed by atoms with Crippen LogP contribution in [0.5, 0.6) is 0 Å². The molecule has 1 N–H and O–H groups in total. The van der Waals surface area contributed by atoms with Crippen LogP contribution in [0.2, 0.25) is 0 Å². The van der Waals surface area contributed by atoms with E-state index in [1.54, 1.807) is 0 Å². The molecule has 2 aliphatic rings. The monoisotopic (exact) mass is 243 g/mol. The summed E-state index contributed by atoms with van der Waals surface area (Å²) in [6.07, 6.45) is 5.69. The molecule has 94 valence electrons. The lowest BCUT2D eigenvalue weighted by Crippen LogP contribution is -2.47. The zero-order valence-electron chi connectivity index (χ0n) is 10.6. The third-order valence-electron chi connectivity index (χ3n) is 4.28. The molecule has 1 heterocycles. The number of hydrogen-bond donors (Lipinski definition) is 1. The van der Waals surface area contributed by atoms with Crippen LogP contribution in [0, 0.1) is 5.92 Å². The average molecular weight is 243 g/mol. The molecule has 3 heteroatoms. The maximum Gasteiger partial charge on any atom is 0.0774 e. The van der Waals surface area contributed by atoms with Gasteiger partial charge in [0.25, 0.3) is 0 Å². The van der Waals surface area contributed by atoms with Crippen LogP contribution in [0.3, 0.4) is 0 Å². The first kappa shape index (κ1) is 12.7. The molecule has 0 aromatic rings. The summed E-state index contributed by atoms with van der Waals surface area (Å²) in [6, 6.07) is 0.702. The number of rotatable bonds is 3. The van der Waals surface area contributed by atoms with E-state index < -0.39 is 5.60 Å². The van der Waals surface area contributed by atoms with E-state index in [2.05, 4.69) is 18.9 Å². The molecule has 2 fully saturated rings. The number of aliphatic hydroxyl groups is 1. The molecular weight excluding hydrogens is 218 g/mol. The van der Waals surface area contributed by atoms with E-state index in [0.29, 0.717) is 6.04 Å². The molecule has 1 unspecified atom stereocenters. The van der Waals surface area contributed by atoms with Gasteiger partial charge in [-0.3, -0.25) is 4.90 Å². The summed E-state index contributed by atoms with van der Waals surface area (Å²) in [5.41, 5.74) is -0.394. The molecule has 2 nitrogen and oxygen atoms in total. The van der Waals surface area contributed by atoms with Crippen LogP contribution >= 0.6 is 11.8 Å². The van der Waals surface area contributed by atoms with Crippen LogP contribution in [0.15, 0.2) is 0 Å². The summed E-state index contributed by atoms with van der Waals surface area (Å²) in [4.78, 5) is 2.40. The third-order valence-corrected chi connectivity index (χ3v) is 5.42. The highest BCUT2D eigenvalue weighted by Crippen LogP contribution is 2.33. The van der Waals surface area contributed by atoms with E-state index in [1.165, 1.54) is 30.8 Å². The number of hydrogen-bond acceptors (Lipinski definition) is 3. The Labute approximate surface area is 104 Å². The highest BCUT2D eigenvalue weighted by atomic mass is 32.2. The number of nitrogens with zero attached hydrogens (tertiary/aromatic N) is 1. The van der Waals surface area contributed by atoms with Gasteiger partial charge in [0, 0.05) is 18.3 Å². The molecule has 0 aromatic heterocycles. The Morgan fingerprint density at radius 2 is 2.00 bits per heavy atom. The van der Waals surface area contributed by atoms with Crippen molar-refractivity contribution in [1.29, 1.82) is 0 Å². The van der Waals surface area contributed by atoms with Gasteiger partial charge in [0.15, 0.2) is 0 Å². The predicted octanol–water partition coefficient (Wildman–Crippen LogP) is 2.36. The molecule has 1 saturated carbocycles.